The van der Waals surface area contributed by atoms with Gasteiger partial charge in [0.15, 0.2) is 0 Å². The molecule has 22 heavy (non-hydrogen) atoms. The number of aromatic nitrogens is 1. The van der Waals surface area contributed by atoms with Crippen LogP contribution in [0.2, 0.25) is 0 Å². The summed E-state index contributed by atoms with van der Waals surface area (Å²) in [4.78, 5) is 16.1. The molecule has 2 unspecified atom stereocenters. The van der Waals surface area contributed by atoms with Gasteiger partial charge in [0.2, 0.25) is 11.8 Å². The van der Waals surface area contributed by atoms with Crippen molar-refractivity contribution in [2.45, 2.75) is 45.7 Å². The van der Waals surface area contributed by atoms with Crippen molar-refractivity contribution in [1.29, 1.82) is 0 Å². The molecule has 1 aliphatic carbocycles. The summed E-state index contributed by atoms with van der Waals surface area (Å²) in [6.07, 6.45) is 5.15. The first-order valence-corrected chi connectivity index (χ1v) is 7.71. The van der Waals surface area contributed by atoms with E-state index in [1.165, 1.54) is 12.8 Å². The minimum Gasteiger partial charge on any atom is -0.477 e. The highest BCUT2D eigenvalue weighted by Gasteiger charge is 2.22. The van der Waals surface area contributed by atoms with Crippen molar-refractivity contribution in [2.75, 3.05) is 6.61 Å². The SMILES string of the molecule is CCC(C)C(N)C(=O)NCc1ccc(OCC2CC2)nc1.Cl. The minimum absolute atomic E-state index is 0. The Morgan fingerprint density at radius 3 is 2.77 bits per heavy atom. The zero-order valence-corrected chi connectivity index (χ0v) is 14.1. The van der Waals surface area contributed by atoms with Crippen LogP contribution in [0, 0.1) is 11.8 Å². The van der Waals surface area contributed by atoms with Crippen LogP contribution in [0.3, 0.4) is 0 Å². The van der Waals surface area contributed by atoms with E-state index in [0.29, 0.717) is 18.3 Å². The van der Waals surface area contributed by atoms with Crippen LogP contribution in [0.25, 0.3) is 0 Å². The Bertz CT molecular complexity index is 463. The first kappa shape index (κ1) is 18.7. The van der Waals surface area contributed by atoms with Crippen molar-refractivity contribution in [3.05, 3.63) is 23.9 Å². The van der Waals surface area contributed by atoms with Crippen molar-refractivity contribution < 1.29 is 9.53 Å². The van der Waals surface area contributed by atoms with Crippen molar-refractivity contribution in [3.8, 4) is 5.88 Å². The Kier molecular flexibility index (Phi) is 7.62. The number of nitrogens with one attached hydrogen (secondary N) is 1. The lowest BCUT2D eigenvalue weighted by Gasteiger charge is -2.17. The van der Waals surface area contributed by atoms with Gasteiger partial charge in [0.1, 0.15) is 0 Å². The first-order chi connectivity index (χ1) is 10.1. The summed E-state index contributed by atoms with van der Waals surface area (Å²) >= 11 is 0. The molecule has 1 saturated carbocycles. The topological polar surface area (TPSA) is 77.2 Å². The minimum atomic E-state index is -0.455. The number of amides is 1. The fourth-order valence-corrected chi connectivity index (χ4v) is 1.91. The summed E-state index contributed by atoms with van der Waals surface area (Å²) in [6, 6.07) is 3.31. The maximum atomic E-state index is 11.9. The van der Waals surface area contributed by atoms with Gasteiger partial charge in [0, 0.05) is 18.8 Å². The van der Waals surface area contributed by atoms with E-state index in [4.69, 9.17) is 10.5 Å². The van der Waals surface area contributed by atoms with E-state index in [0.717, 1.165) is 18.6 Å². The number of halogens is 1. The zero-order valence-electron chi connectivity index (χ0n) is 13.2. The third-order valence-electron chi connectivity index (χ3n) is 3.99. The number of nitrogens with two attached hydrogens (primary N) is 1. The molecule has 0 radical (unpaired) electrons. The lowest BCUT2D eigenvalue weighted by atomic mass is 9.99. The van der Waals surface area contributed by atoms with Gasteiger partial charge < -0.3 is 15.8 Å². The molecule has 2 atom stereocenters. The summed E-state index contributed by atoms with van der Waals surface area (Å²) < 4.78 is 5.58. The van der Waals surface area contributed by atoms with E-state index in [2.05, 4.69) is 10.3 Å². The van der Waals surface area contributed by atoms with Gasteiger partial charge in [0.25, 0.3) is 0 Å². The van der Waals surface area contributed by atoms with Crippen LogP contribution in [0.1, 0.15) is 38.7 Å². The second kappa shape index (κ2) is 8.96. The lowest BCUT2D eigenvalue weighted by Crippen LogP contribution is -2.44. The van der Waals surface area contributed by atoms with E-state index in [9.17, 15) is 4.79 Å². The number of hydrogen-bond donors (Lipinski definition) is 2. The van der Waals surface area contributed by atoms with Crippen LogP contribution in [-0.2, 0) is 11.3 Å². The molecule has 1 amide bonds. The molecule has 1 heterocycles. The van der Waals surface area contributed by atoms with Crippen molar-refractivity contribution in [2.24, 2.45) is 17.6 Å². The average Bonchev–Trinajstić information content (AvgIpc) is 3.34. The third-order valence-corrected chi connectivity index (χ3v) is 3.99. The zero-order chi connectivity index (χ0) is 15.2. The molecule has 1 aromatic heterocycles. The van der Waals surface area contributed by atoms with Gasteiger partial charge >= 0.3 is 0 Å². The highest BCUT2D eigenvalue weighted by Crippen LogP contribution is 2.29. The van der Waals surface area contributed by atoms with E-state index in [1.807, 2.05) is 26.0 Å². The number of carbonyl (C=O) groups is 1. The van der Waals surface area contributed by atoms with E-state index >= 15 is 0 Å². The van der Waals surface area contributed by atoms with Gasteiger partial charge in [-0.05, 0) is 30.2 Å². The molecular formula is C16H26ClN3O2. The summed E-state index contributed by atoms with van der Waals surface area (Å²) in [5.74, 6) is 1.43. The summed E-state index contributed by atoms with van der Waals surface area (Å²) in [6.45, 7) is 5.21. The summed E-state index contributed by atoms with van der Waals surface area (Å²) in [7, 11) is 0. The average molecular weight is 328 g/mol. The maximum absolute atomic E-state index is 11.9. The molecule has 5 nitrogen and oxygen atoms in total. The smallest absolute Gasteiger partial charge is 0.237 e. The Hall–Kier alpha value is -1.33. The molecule has 0 aliphatic heterocycles. The lowest BCUT2D eigenvalue weighted by molar-refractivity contribution is -0.123. The van der Waals surface area contributed by atoms with Crippen LogP contribution >= 0.6 is 12.4 Å². The molecule has 0 aromatic carbocycles. The van der Waals surface area contributed by atoms with Gasteiger partial charge in [-0.1, -0.05) is 26.3 Å². The predicted octanol–water partition coefficient (Wildman–Crippen LogP) is 2.28. The normalized spacial score (nSPS) is 16.3. The highest BCUT2D eigenvalue weighted by atomic mass is 35.5. The van der Waals surface area contributed by atoms with Gasteiger partial charge in [-0.2, -0.15) is 0 Å². The van der Waals surface area contributed by atoms with E-state index in [1.54, 1.807) is 6.20 Å². The van der Waals surface area contributed by atoms with Crippen LogP contribution in [-0.4, -0.2) is 23.5 Å². The molecule has 3 N–H and O–H groups in total. The van der Waals surface area contributed by atoms with Crippen molar-refractivity contribution >= 4 is 18.3 Å². The number of nitrogens with zero attached hydrogens (tertiary/aromatic N) is 1. The quantitative estimate of drug-likeness (QED) is 0.768. The second-order valence-electron chi connectivity index (χ2n) is 5.89. The number of ether oxygens (including phenoxy) is 1. The van der Waals surface area contributed by atoms with Gasteiger partial charge in [-0.15, -0.1) is 12.4 Å². The third kappa shape index (κ3) is 5.81. The standard InChI is InChI=1S/C16H25N3O2.ClH/c1-3-11(2)15(17)16(20)19-9-13-6-7-14(18-8-13)21-10-12-4-5-12;/h6-8,11-12,15H,3-5,9-10,17H2,1-2H3,(H,19,20);1H. The molecule has 1 fully saturated rings. The Morgan fingerprint density at radius 1 is 1.50 bits per heavy atom. The Morgan fingerprint density at radius 2 is 2.23 bits per heavy atom. The predicted molar refractivity (Wildman–Crippen MR) is 89.0 cm³/mol. The van der Waals surface area contributed by atoms with E-state index < -0.39 is 6.04 Å². The van der Waals surface area contributed by atoms with Crippen LogP contribution in [0.4, 0.5) is 0 Å². The Labute approximate surface area is 138 Å². The van der Waals surface area contributed by atoms with Crippen molar-refractivity contribution in [1.82, 2.24) is 10.3 Å². The summed E-state index contributed by atoms with van der Waals surface area (Å²) in [5, 5.41) is 2.85. The summed E-state index contributed by atoms with van der Waals surface area (Å²) in [5.41, 5.74) is 6.83. The molecular weight excluding hydrogens is 302 g/mol. The molecule has 6 heteroatoms. The number of pyridine rings is 1. The number of rotatable bonds is 8. The molecule has 1 aromatic rings. The highest BCUT2D eigenvalue weighted by molar-refractivity contribution is 5.85. The fourth-order valence-electron chi connectivity index (χ4n) is 1.91. The monoisotopic (exact) mass is 327 g/mol. The molecule has 0 saturated heterocycles. The Balaban J connectivity index is 0.00000242. The fraction of sp³-hybridized carbons (Fsp3) is 0.625. The number of hydrogen-bond acceptors (Lipinski definition) is 4. The molecule has 0 bridgehead atoms. The van der Waals surface area contributed by atoms with Gasteiger partial charge in [-0.25, -0.2) is 4.98 Å². The van der Waals surface area contributed by atoms with Crippen molar-refractivity contribution in [3.63, 3.8) is 0 Å². The largest absolute Gasteiger partial charge is 0.477 e. The van der Waals surface area contributed by atoms with E-state index in [-0.39, 0.29) is 24.2 Å². The maximum Gasteiger partial charge on any atom is 0.237 e. The second-order valence-corrected chi connectivity index (χ2v) is 5.89. The molecule has 0 spiro atoms. The van der Waals surface area contributed by atoms with Gasteiger partial charge in [0.05, 0.1) is 12.6 Å². The van der Waals surface area contributed by atoms with Crippen LogP contribution in [0.5, 0.6) is 5.88 Å². The first-order valence-electron chi connectivity index (χ1n) is 7.71. The number of carbonyl (C=O) groups excluding carboxylic acids is 1. The van der Waals surface area contributed by atoms with Crippen LogP contribution in [0.15, 0.2) is 18.3 Å². The molecule has 124 valence electrons. The molecule has 2 rings (SSSR count). The van der Waals surface area contributed by atoms with Crippen LogP contribution < -0.4 is 15.8 Å². The molecule has 1 aliphatic rings. The van der Waals surface area contributed by atoms with Gasteiger partial charge in [-0.3, -0.25) is 4.79 Å².